The summed E-state index contributed by atoms with van der Waals surface area (Å²) in [7, 11) is -4.00. The molecule has 0 radical (unpaired) electrons. The van der Waals surface area contributed by atoms with Gasteiger partial charge in [0.05, 0.1) is 4.92 Å². The van der Waals surface area contributed by atoms with Gasteiger partial charge in [-0.15, -0.1) is 12.4 Å². The van der Waals surface area contributed by atoms with Gasteiger partial charge in [-0.25, -0.2) is 8.42 Å². The molecule has 23 heavy (non-hydrogen) atoms. The van der Waals surface area contributed by atoms with Crippen molar-refractivity contribution >= 4 is 39.7 Å². The molecule has 1 aromatic rings. The maximum absolute atomic E-state index is 12.9. The highest BCUT2D eigenvalue weighted by atomic mass is 35.5. The van der Waals surface area contributed by atoms with Crippen LogP contribution in [-0.4, -0.2) is 36.3 Å². The van der Waals surface area contributed by atoms with Crippen LogP contribution in [0.25, 0.3) is 0 Å². The van der Waals surface area contributed by atoms with Gasteiger partial charge in [0, 0.05) is 29.7 Å². The zero-order chi connectivity index (χ0) is 16.5. The molecule has 1 heterocycles. The van der Waals surface area contributed by atoms with Crippen LogP contribution in [0.5, 0.6) is 0 Å². The Labute approximate surface area is 146 Å². The predicted octanol–water partition coefficient (Wildman–Crippen LogP) is 2.56. The number of nitrogens with zero attached hydrogens (tertiary/aromatic N) is 2. The SMILES string of the molecule is CC(N)C1CCCCN1S(=O)(=O)c1ccc(Cl)cc1[N+](=O)[O-].Cl. The molecule has 0 saturated carbocycles. The third-order valence-electron chi connectivity index (χ3n) is 3.81. The van der Waals surface area contributed by atoms with Crippen molar-refractivity contribution in [1.82, 2.24) is 4.31 Å². The molecule has 0 spiro atoms. The molecule has 0 amide bonds. The van der Waals surface area contributed by atoms with Crippen LogP contribution in [-0.2, 0) is 10.0 Å². The minimum Gasteiger partial charge on any atom is -0.326 e. The monoisotopic (exact) mass is 383 g/mol. The molecule has 1 aromatic carbocycles. The maximum Gasteiger partial charge on any atom is 0.290 e. The molecular formula is C13H19Cl2N3O4S. The lowest BCUT2D eigenvalue weighted by Crippen LogP contribution is -2.51. The highest BCUT2D eigenvalue weighted by Crippen LogP contribution is 2.33. The van der Waals surface area contributed by atoms with E-state index in [1.807, 2.05) is 0 Å². The van der Waals surface area contributed by atoms with Crippen molar-refractivity contribution in [1.29, 1.82) is 0 Å². The zero-order valence-corrected chi connectivity index (χ0v) is 14.9. The lowest BCUT2D eigenvalue weighted by Gasteiger charge is -2.36. The molecule has 2 unspecified atom stereocenters. The number of rotatable bonds is 4. The van der Waals surface area contributed by atoms with Crippen LogP contribution in [0.2, 0.25) is 5.02 Å². The molecule has 1 fully saturated rings. The molecule has 130 valence electrons. The summed E-state index contributed by atoms with van der Waals surface area (Å²) in [5, 5.41) is 11.3. The lowest BCUT2D eigenvalue weighted by molar-refractivity contribution is -0.387. The van der Waals surface area contributed by atoms with Gasteiger partial charge in [-0.3, -0.25) is 10.1 Å². The molecule has 1 saturated heterocycles. The van der Waals surface area contributed by atoms with Crippen LogP contribution in [0.3, 0.4) is 0 Å². The Morgan fingerprint density at radius 1 is 1.43 bits per heavy atom. The van der Waals surface area contributed by atoms with E-state index in [0.717, 1.165) is 12.5 Å². The summed E-state index contributed by atoms with van der Waals surface area (Å²) in [5.41, 5.74) is 5.38. The highest BCUT2D eigenvalue weighted by Gasteiger charge is 2.38. The summed E-state index contributed by atoms with van der Waals surface area (Å²) in [4.78, 5) is 10.1. The van der Waals surface area contributed by atoms with Crippen molar-refractivity contribution in [2.75, 3.05) is 6.54 Å². The van der Waals surface area contributed by atoms with E-state index in [-0.39, 0.29) is 34.4 Å². The van der Waals surface area contributed by atoms with Crippen molar-refractivity contribution in [3.63, 3.8) is 0 Å². The van der Waals surface area contributed by atoms with Crippen molar-refractivity contribution in [3.8, 4) is 0 Å². The number of benzene rings is 1. The van der Waals surface area contributed by atoms with Crippen LogP contribution in [0.1, 0.15) is 26.2 Å². The van der Waals surface area contributed by atoms with Crippen LogP contribution in [0, 0.1) is 10.1 Å². The smallest absolute Gasteiger partial charge is 0.290 e. The Balaban J connectivity index is 0.00000264. The predicted molar refractivity (Wildman–Crippen MR) is 90.5 cm³/mol. The molecular weight excluding hydrogens is 365 g/mol. The Morgan fingerprint density at radius 3 is 2.65 bits per heavy atom. The summed E-state index contributed by atoms with van der Waals surface area (Å²) in [6.45, 7) is 2.06. The summed E-state index contributed by atoms with van der Waals surface area (Å²) in [5.74, 6) is 0. The van der Waals surface area contributed by atoms with Crippen molar-refractivity contribution in [3.05, 3.63) is 33.3 Å². The normalized spacial score (nSPS) is 20.6. The van der Waals surface area contributed by atoms with Gasteiger partial charge in [-0.05, 0) is 31.9 Å². The lowest BCUT2D eigenvalue weighted by atomic mass is 10.00. The van der Waals surface area contributed by atoms with Gasteiger partial charge in [-0.1, -0.05) is 18.0 Å². The Hall–Kier alpha value is -0.930. The van der Waals surface area contributed by atoms with Crippen molar-refractivity contribution in [2.45, 2.75) is 43.2 Å². The molecule has 0 aliphatic carbocycles. The molecule has 0 aromatic heterocycles. The topological polar surface area (TPSA) is 107 Å². The number of sulfonamides is 1. The van der Waals surface area contributed by atoms with Crippen LogP contribution in [0.4, 0.5) is 5.69 Å². The van der Waals surface area contributed by atoms with E-state index in [1.54, 1.807) is 6.92 Å². The quantitative estimate of drug-likeness (QED) is 0.634. The number of nitro groups is 1. The molecule has 2 rings (SSSR count). The van der Waals surface area contributed by atoms with Gasteiger partial charge in [0.25, 0.3) is 5.69 Å². The fourth-order valence-electron chi connectivity index (χ4n) is 2.73. The summed E-state index contributed by atoms with van der Waals surface area (Å²) >= 11 is 5.74. The van der Waals surface area contributed by atoms with E-state index in [1.165, 1.54) is 16.4 Å². The number of hydrogen-bond donors (Lipinski definition) is 1. The maximum atomic E-state index is 12.9. The van der Waals surface area contributed by atoms with Gasteiger partial charge in [0.15, 0.2) is 4.90 Å². The number of halogens is 2. The largest absolute Gasteiger partial charge is 0.326 e. The minimum atomic E-state index is -4.00. The third kappa shape index (κ3) is 4.13. The minimum absolute atomic E-state index is 0. The van der Waals surface area contributed by atoms with Gasteiger partial charge in [-0.2, -0.15) is 4.31 Å². The van der Waals surface area contributed by atoms with E-state index < -0.39 is 20.6 Å². The first-order valence-corrected chi connectivity index (χ1v) is 8.78. The van der Waals surface area contributed by atoms with E-state index >= 15 is 0 Å². The summed E-state index contributed by atoms with van der Waals surface area (Å²) in [6, 6.07) is 2.88. The number of hydrogen-bond acceptors (Lipinski definition) is 5. The number of nitrogens with two attached hydrogens (primary N) is 1. The Bertz CT molecular complexity index is 682. The summed E-state index contributed by atoms with van der Waals surface area (Å²) < 4.78 is 27.0. The van der Waals surface area contributed by atoms with E-state index in [9.17, 15) is 18.5 Å². The first-order chi connectivity index (χ1) is 10.2. The molecule has 0 bridgehead atoms. The van der Waals surface area contributed by atoms with Gasteiger partial charge in [0.1, 0.15) is 0 Å². The fourth-order valence-corrected chi connectivity index (χ4v) is 4.81. The first kappa shape index (κ1) is 20.1. The average molecular weight is 384 g/mol. The highest BCUT2D eigenvalue weighted by molar-refractivity contribution is 7.89. The van der Waals surface area contributed by atoms with Crippen LogP contribution in [0.15, 0.2) is 23.1 Å². The summed E-state index contributed by atoms with van der Waals surface area (Å²) in [6.07, 6.45) is 2.25. The van der Waals surface area contributed by atoms with Crippen molar-refractivity contribution < 1.29 is 13.3 Å². The molecule has 1 aliphatic heterocycles. The average Bonchev–Trinajstić information content (AvgIpc) is 2.46. The second-order valence-electron chi connectivity index (χ2n) is 5.41. The Kier molecular flexibility index (Phi) is 6.79. The third-order valence-corrected chi connectivity index (χ3v) is 6.02. The zero-order valence-electron chi connectivity index (χ0n) is 12.5. The van der Waals surface area contributed by atoms with Crippen molar-refractivity contribution in [2.24, 2.45) is 5.73 Å². The van der Waals surface area contributed by atoms with Gasteiger partial charge < -0.3 is 5.73 Å². The van der Waals surface area contributed by atoms with Crippen LogP contribution >= 0.6 is 24.0 Å². The molecule has 1 aliphatic rings. The van der Waals surface area contributed by atoms with Gasteiger partial charge in [0.2, 0.25) is 10.0 Å². The molecule has 2 N–H and O–H groups in total. The standard InChI is InChI=1S/C13H18ClN3O4S.ClH/c1-9(15)11-4-2-3-7-16(11)22(20,21)13-6-5-10(14)8-12(13)17(18)19;/h5-6,8-9,11H,2-4,7,15H2,1H3;1H. The van der Waals surface area contributed by atoms with E-state index in [4.69, 9.17) is 17.3 Å². The number of piperidine rings is 1. The molecule has 10 heteroatoms. The Morgan fingerprint density at radius 2 is 2.09 bits per heavy atom. The first-order valence-electron chi connectivity index (χ1n) is 6.96. The van der Waals surface area contributed by atoms with Gasteiger partial charge >= 0.3 is 0 Å². The second kappa shape index (κ2) is 7.76. The van der Waals surface area contributed by atoms with Crippen LogP contribution < -0.4 is 5.73 Å². The van der Waals surface area contributed by atoms with E-state index in [0.29, 0.717) is 19.4 Å². The fraction of sp³-hybridized carbons (Fsp3) is 0.538. The second-order valence-corrected chi connectivity index (χ2v) is 7.70. The molecule has 2 atom stereocenters. The number of nitro benzene ring substituents is 1. The molecule has 7 nitrogen and oxygen atoms in total. The van der Waals surface area contributed by atoms with E-state index in [2.05, 4.69) is 0 Å².